The first-order valence-corrected chi connectivity index (χ1v) is 8.15. The molecule has 1 aromatic heterocycles. The Morgan fingerprint density at radius 3 is 2.32 bits per heavy atom. The third kappa shape index (κ3) is 4.03. The number of nitrogens with zero attached hydrogens (tertiary/aromatic N) is 2. The van der Waals surface area contributed by atoms with Gasteiger partial charge in [-0.2, -0.15) is 18.3 Å². The van der Waals surface area contributed by atoms with Gasteiger partial charge >= 0.3 is 6.18 Å². The zero-order chi connectivity index (χ0) is 20.3. The Bertz CT molecular complexity index is 1010. The summed E-state index contributed by atoms with van der Waals surface area (Å²) in [6.07, 6.45) is -3.27. The van der Waals surface area contributed by atoms with E-state index in [1.54, 1.807) is 37.3 Å². The summed E-state index contributed by atoms with van der Waals surface area (Å²) in [5, 5.41) is 3.99. The highest BCUT2D eigenvalue weighted by atomic mass is 19.4. The molecule has 0 aliphatic rings. The van der Waals surface area contributed by atoms with E-state index in [1.807, 2.05) is 0 Å². The molecular weight excluding hydrogens is 373 g/mol. The van der Waals surface area contributed by atoms with E-state index in [-0.39, 0.29) is 11.3 Å². The smallest absolute Gasteiger partial charge is 0.267 e. The number of hydrogen-bond acceptors (Lipinski definition) is 3. The second-order valence-corrected chi connectivity index (χ2v) is 5.88. The van der Waals surface area contributed by atoms with Gasteiger partial charge in [0.25, 0.3) is 11.8 Å². The molecule has 0 fully saturated rings. The van der Waals surface area contributed by atoms with Gasteiger partial charge in [-0.1, -0.05) is 24.3 Å². The van der Waals surface area contributed by atoms with Gasteiger partial charge in [-0.15, -0.1) is 0 Å². The van der Waals surface area contributed by atoms with Crippen LogP contribution in [0.4, 0.5) is 13.2 Å². The number of alkyl halides is 3. The van der Waals surface area contributed by atoms with Gasteiger partial charge in [0.1, 0.15) is 0 Å². The molecule has 0 saturated carbocycles. The number of aromatic nitrogens is 2. The van der Waals surface area contributed by atoms with Crippen molar-refractivity contribution in [1.82, 2.24) is 20.6 Å². The molecule has 28 heavy (non-hydrogen) atoms. The summed E-state index contributed by atoms with van der Waals surface area (Å²) < 4.78 is 39.9. The molecular formula is C19H15F3N4O2. The summed E-state index contributed by atoms with van der Waals surface area (Å²) in [7, 11) is 0. The highest BCUT2D eigenvalue weighted by Gasteiger charge is 2.30. The summed E-state index contributed by atoms with van der Waals surface area (Å²) in [5.74, 6) is -1.14. The number of amides is 2. The van der Waals surface area contributed by atoms with Gasteiger partial charge < -0.3 is 0 Å². The van der Waals surface area contributed by atoms with E-state index >= 15 is 0 Å². The number of rotatable bonds is 3. The minimum Gasteiger partial charge on any atom is -0.267 e. The molecule has 3 rings (SSSR count). The Kier molecular flexibility index (Phi) is 5.16. The minimum atomic E-state index is -4.49. The average molecular weight is 388 g/mol. The molecule has 0 aliphatic carbocycles. The van der Waals surface area contributed by atoms with E-state index in [0.717, 1.165) is 12.1 Å². The molecule has 0 radical (unpaired) electrons. The molecule has 0 saturated heterocycles. The van der Waals surface area contributed by atoms with E-state index in [9.17, 15) is 22.8 Å². The number of hydrogen-bond donors (Lipinski definition) is 2. The molecule has 9 heteroatoms. The summed E-state index contributed by atoms with van der Waals surface area (Å²) in [5.41, 5.74) is 4.69. The largest absolute Gasteiger partial charge is 0.416 e. The van der Waals surface area contributed by atoms with Crippen molar-refractivity contribution in [2.45, 2.75) is 13.1 Å². The standard InChI is InChI=1S/C19H15F3N4O2/c1-12-16(18(28)25-24-17(27)13-6-3-2-4-7-13)11-23-26(12)15-9-5-8-14(10-15)19(20,21)22/h2-11H,1H3,(H,24,27)(H,25,28). The van der Waals surface area contributed by atoms with E-state index in [1.165, 1.54) is 23.0 Å². The van der Waals surface area contributed by atoms with Gasteiger partial charge in [-0.05, 0) is 37.3 Å². The van der Waals surface area contributed by atoms with E-state index < -0.39 is 23.6 Å². The maximum Gasteiger partial charge on any atom is 0.416 e. The van der Waals surface area contributed by atoms with Crippen LogP contribution in [0.25, 0.3) is 5.69 Å². The maximum atomic E-state index is 12.9. The van der Waals surface area contributed by atoms with Crippen LogP contribution in [0.2, 0.25) is 0 Å². The zero-order valence-electron chi connectivity index (χ0n) is 14.6. The lowest BCUT2D eigenvalue weighted by Crippen LogP contribution is -2.41. The maximum absolute atomic E-state index is 12.9. The monoisotopic (exact) mass is 388 g/mol. The van der Waals surface area contributed by atoms with Crippen LogP contribution < -0.4 is 10.9 Å². The Balaban J connectivity index is 1.76. The summed E-state index contributed by atoms with van der Waals surface area (Å²) >= 11 is 0. The first-order valence-electron chi connectivity index (χ1n) is 8.15. The van der Waals surface area contributed by atoms with Gasteiger partial charge in [-0.3, -0.25) is 20.4 Å². The molecule has 0 bridgehead atoms. The Labute approximate surface area is 158 Å². The van der Waals surface area contributed by atoms with Crippen LogP contribution in [0.1, 0.15) is 32.0 Å². The summed E-state index contributed by atoms with van der Waals surface area (Å²) in [4.78, 5) is 24.3. The van der Waals surface area contributed by atoms with Gasteiger partial charge in [0.05, 0.1) is 28.7 Å². The summed E-state index contributed by atoms with van der Waals surface area (Å²) in [6.45, 7) is 1.54. The van der Waals surface area contributed by atoms with Crippen molar-refractivity contribution < 1.29 is 22.8 Å². The lowest BCUT2D eigenvalue weighted by molar-refractivity contribution is -0.137. The quantitative estimate of drug-likeness (QED) is 0.676. The molecule has 2 N–H and O–H groups in total. The van der Waals surface area contributed by atoms with Crippen molar-refractivity contribution in [3.05, 3.63) is 83.2 Å². The Morgan fingerprint density at radius 2 is 1.64 bits per heavy atom. The van der Waals surface area contributed by atoms with Gasteiger partial charge in [0.2, 0.25) is 0 Å². The number of carbonyl (C=O) groups is 2. The minimum absolute atomic E-state index is 0.116. The topological polar surface area (TPSA) is 76.0 Å². The van der Waals surface area contributed by atoms with Crippen molar-refractivity contribution in [1.29, 1.82) is 0 Å². The van der Waals surface area contributed by atoms with Crippen LogP contribution in [0.3, 0.4) is 0 Å². The van der Waals surface area contributed by atoms with Crippen molar-refractivity contribution in [3.63, 3.8) is 0 Å². The molecule has 2 aromatic carbocycles. The van der Waals surface area contributed by atoms with E-state index in [0.29, 0.717) is 11.3 Å². The molecule has 0 unspecified atom stereocenters. The van der Waals surface area contributed by atoms with Crippen molar-refractivity contribution in [3.8, 4) is 5.69 Å². The van der Waals surface area contributed by atoms with Crippen LogP contribution in [0.15, 0.2) is 60.8 Å². The third-order valence-corrected chi connectivity index (χ3v) is 4.00. The molecule has 0 spiro atoms. The number of nitrogens with one attached hydrogen (secondary N) is 2. The number of hydrazine groups is 1. The summed E-state index contributed by atoms with van der Waals surface area (Å²) in [6, 6.07) is 12.9. The van der Waals surface area contributed by atoms with Crippen molar-refractivity contribution in [2.75, 3.05) is 0 Å². The van der Waals surface area contributed by atoms with E-state index in [2.05, 4.69) is 16.0 Å². The first-order chi connectivity index (χ1) is 13.3. The van der Waals surface area contributed by atoms with Crippen LogP contribution in [-0.2, 0) is 6.18 Å². The lowest BCUT2D eigenvalue weighted by atomic mass is 10.2. The Morgan fingerprint density at radius 1 is 0.964 bits per heavy atom. The molecule has 0 atom stereocenters. The molecule has 6 nitrogen and oxygen atoms in total. The second-order valence-electron chi connectivity index (χ2n) is 5.88. The molecule has 144 valence electrons. The highest BCUT2D eigenvalue weighted by molar-refractivity contribution is 5.99. The van der Waals surface area contributed by atoms with Crippen molar-refractivity contribution >= 4 is 11.8 Å². The fourth-order valence-corrected chi connectivity index (χ4v) is 2.55. The average Bonchev–Trinajstić information content (AvgIpc) is 3.07. The lowest BCUT2D eigenvalue weighted by Gasteiger charge is -2.10. The molecule has 1 heterocycles. The number of halogens is 3. The number of benzene rings is 2. The van der Waals surface area contributed by atoms with Crippen LogP contribution in [0, 0.1) is 6.92 Å². The van der Waals surface area contributed by atoms with Gasteiger partial charge in [-0.25, -0.2) is 4.68 Å². The first kappa shape index (κ1) is 19.2. The SMILES string of the molecule is Cc1c(C(=O)NNC(=O)c2ccccc2)cnn1-c1cccc(C(F)(F)F)c1. The zero-order valence-corrected chi connectivity index (χ0v) is 14.6. The fourth-order valence-electron chi connectivity index (χ4n) is 2.55. The predicted octanol–water partition coefficient (Wildman–Crippen LogP) is 3.27. The second kappa shape index (κ2) is 7.55. The van der Waals surface area contributed by atoms with Crippen molar-refractivity contribution in [2.24, 2.45) is 0 Å². The van der Waals surface area contributed by atoms with Crippen LogP contribution >= 0.6 is 0 Å². The van der Waals surface area contributed by atoms with Gasteiger partial charge in [0.15, 0.2) is 0 Å². The van der Waals surface area contributed by atoms with Gasteiger partial charge in [0, 0.05) is 5.56 Å². The predicted molar refractivity (Wildman–Crippen MR) is 94.7 cm³/mol. The fraction of sp³-hybridized carbons (Fsp3) is 0.105. The number of carbonyl (C=O) groups excluding carboxylic acids is 2. The van der Waals surface area contributed by atoms with E-state index in [4.69, 9.17) is 0 Å². The molecule has 0 aliphatic heterocycles. The highest BCUT2D eigenvalue weighted by Crippen LogP contribution is 2.30. The Hall–Kier alpha value is -3.62. The van der Waals surface area contributed by atoms with Crippen LogP contribution in [-0.4, -0.2) is 21.6 Å². The third-order valence-electron chi connectivity index (χ3n) is 4.00. The molecule has 3 aromatic rings. The van der Waals surface area contributed by atoms with Crippen LogP contribution in [0.5, 0.6) is 0 Å². The normalized spacial score (nSPS) is 11.1. The molecule has 2 amide bonds.